The van der Waals surface area contributed by atoms with Crippen molar-refractivity contribution in [1.29, 1.82) is 0 Å². The van der Waals surface area contributed by atoms with Gasteiger partial charge in [0.05, 0.1) is 11.8 Å². The molecule has 0 saturated carbocycles. The first-order chi connectivity index (χ1) is 12.9. The number of Topliss-reactive ketones (excluding diaryl/α,β-unsaturated/α-hetero) is 1. The van der Waals surface area contributed by atoms with E-state index in [2.05, 4.69) is 5.32 Å². The summed E-state index contributed by atoms with van der Waals surface area (Å²) >= 11 is 1.00. The lowest BCUT2D eigenvalue weighted by atomic mass is 9.80. The molecule has 6 nitrogen and oxygen atoms in total. The molecule has 0 aliphatic carbocycles. The Morgan fingerprint density at radius 3 is 2.52 bits per heavy atom. The number of hydrogen-bond donors (Lipinski definition) is 1. The van der Waals surface area contributed by atoms with E-state index in [1.165, 1.54) is 0 Å². The zero-order valence-corrected chi connectivity index (χ0v) is 15.8. The van der Waals surface area contributed by atoms with Gasteiger partial charge in [-0.3, -0.25) is 19.7 Å². The molecule has 1 aliphatic rings. The average molecular weight is 383 g/mol. The highest BCUT2D eigenvalue weighted by Crippen LogP contribution is 2.32. The number of hydrogen-bond acceptors (Lipinski definition) is 6. The van der Waals surface area contributed by atoms with Gasteiger partial charge >= 0.3 is 0 Å². The Balaban J connectivity index is 1.58. The van der Waals surface area contributed by atoms with Gasteiger partial charge in [0, 0.05) is 5.56 Å². The van der Waals surface area contributed by atoms with Gasteiger partial charge in [0.1, 0.15) is 19.3 Å². The molecule has 8 heteroatoms. The van der Waals surface area contributed by atoms with Crippen molar-refractivity contribution in [3.05, 3.63) is 59.7 Å². The lowest BCUT2D eigenvalue weighted by molar-refractivity contribution is -0.119. The molecular formula is C19H18BNO5S. The summed E-state index contributed by atoms with van der Waals surface area (Å²) in [6.45, 7) is -0.0863. The van der Waals surface area contributed by atoms with Crippen LogP contribution in [0.15, 0.2) is 48.5 Å². The van der Waals surface area contributed by atoms with Gasteiger partial charge in [-0.15, -0.1) is 0 Å². The van der Waals surface area contributed by atoms with Gasteiger partial charge in [-0.2, -0.15) is 0 Å². The fourth-order valence-corrected chi connectivity index (χ4v) is 3.67. The summed E-state index contributed by atoms with van der Waals surface area (Å²) in [4.78, 5) is 35.5. The molecule has 1 N–H and O–H groups in total. The van der Waals surface area contributed by atoms with Crippen molar-refractivity contribution in [1.82, 2.24) is 5.32 Å². The largest absolute Gasteiger partial charge is 0.497 e. The number of nitrogens with one attached hydrogen (secondary N) is 1. The average Bonchev–Trinajstić information content (AvgIpc) is 2.92. The van der Waals surface area contributed by atoms with Crippen LogP contribution < -0.4 is 14.8 Å². The number of imide groups is 1. The third-order valence-electron chi connectivity index (χ3n) is 4.24. The number of rotatable bonds is 7. The summed E-state index contributed by atoms with van der Waals surface area (Å²) < 4.78 is 9.86. The van der Waals surface area contributed by atoms with Gasteiger partial charge in [0.25, 0.3) is 5.24 Å². The van der Waals surface area contributed by atoms with E-state index in [4.69, 9.17) is 9.47 Å². The molecule has 2 aromatic rings. The highest BCUT2D eigenvalue weighted by Gasteiger charge is 2.43. The number of ketones is 1. The highest BCUT2D eigenvalue weighted by molar-refractivity contribution is 8.17. The van der Waals surface area contributed by atoms with Crippen molar-refractivity contribution in [2.45, 2.75) is 11.1 Å². The summed E-state index contributed by atoms with van der Waals surface area (Å²) in [7, 11) is 3.29. The number of ether oxygens (including phenoxy) is 2. The molecular weight excluding hydrogens is 365 g/mol. The van der Waals surface area contributed by atoms with E-state index < -0.39 is 4.65 Å². The van der Waals surface area contributed by atoms with E-state index in [1.807, 2.05) is 12.1 Å². The second-order valence-electron chi connectivity index (χ2n) is 6.34. The quantitative estimate of drug-likeness (QED) is 0.580. The number of carbonyl (C=O) groups excluding carboxylic acids is 3. The molecule has 0 spiro atoms. The smallest absolute Gasteiger partial charge is 0.285 e. The molecule has 0 radical (unpaired) electrons. The SMILES string of the molecule is B[C@]1(Cc2ccc(OCC(=O)c3cccc(OC)c3)cc2)SC(=O)NC1=O. The van der Waals surface area contributed by atoms with E-state index in [9.17, 15) is 14.4 Å². The zero-order valence-electron chi connectivity index (χ0n) is 15.0. The number of thioether (sulfide) groups is 1. The molecule has 1 atom stereocenters. The molecule has 2 aromatic carbocycles. The Morgan fingerprint density at radius 2 is 1.89 bits per heavy atom. The Morgan fingerprint density at radius 1 is 1.15 bits per heavy atom. The van der Waals surface area contributed by atoms with Gasteiger partial charge in [0.2, 0.25) is 5.91 Å². The molecule has 0 bridgehead atoms. The second-order valence-corrected chi connectivity index (χ2v) is 7.81. The van der Waals surface area contributed by atoms with Gasteiger partial charge < -0.3 is 9.47 Å². The topological polar surface area (TPSA) is 81.7 Å². The summed E-state index contributed by atoms with van der Waals surface area (Å²) in [6.07, 6.45) is 0.429. The minimum Gasteiger partial charge on any atom is -0.497 e. The number of carbonyl (C=O) groups is 3. The van der Waals surface area contributed by atoms with Crippen molar-refractivity contribution < 1.29 is 23.9 Å². The standard InChI is InChI=1S/C19H18BNO5S/c1-25-15-4-2-3-13(9-15)16(22)11-26-14-7-5-12(6-8-14)10-19(20)17(23)21-18(24)27-19/h2-9H,10-11,20H2,1H3,(H,21,23,24)/t19-/m1/s1. The third-order valence-corrected chi connectivity index (χ3v) is 5.31. The lowest BCUT2D eigenvalue weighted by Crippen LogP contribution is -2.38. The molecule has 3 rings (SSSR count). The fourth-order valence-electron chi connectivity index (χ4n) is 2.74. The van der Waals surface area contributed by atoms with Gasteiger partial charge in [-0.05, 0) is 36.2 Å². The van der Waals surface area contributed by atoms with E-state index in [0.29, 0.717) is 23.5 Å². The third kappa shape index (κ3) is 4.52. The monoisotopic (exact) mass is 383 g/mol. The van der Waals surface area contributed by atoms with Gasteiger partial charge in [-0.1, -0.05) is 36.0 Å². The Labute approximate surface area is 162 Å². The Bertz CT molecular complexity index is 886. The van der Waals surface area contributed by atoms with Crippen LogP contribution >= 0.6 is 11.8 Å². The lowest BCUT2D eigenvalue weighted by Gasteiger charge is -2.18. The minimum atomic E-state index is -0.804. The van der Waals surface area contributed by atoms with Crippen LogP contribution in [-0.2, 0) is 11.2 Å². The molecule has 1 heterocycles. The molecule has 1 aliphatic heterocycles. The van der Waals surface area contributed by atoms with Crippen molar-refractivity contribution in [3.8, 4) is 11.5 Å². The molecule has 0 aromatic heterocycles. The molecule has 27 heavy (non-hydrogen) atoms. The number of methoxy groups -OCH3 is 1. The van der Waals surface area contributed by atoms with Crippen LogP contribution in [0, 0.1) is 0 Å². The zero-order chi connectivity index (χ0) is 19.4. The second kappa shape index (κ2) is 7.88. The van der Waals surface area contributed by atoms with Crippen molar-refractivity contribution >= 4 is 36.5 Å². The van der Waals surface area contributed by atoms with Crippen LogP contribution in [0.2, 0.25) is 0 Å². The Kier molecular flexibility index (Phi) is 5.55. The van der Waals surface area contributed by atoms with Crippen molar-refractivity contribution in [2.75, 3.05) is 13.7 Å². The van der Waals surface area contributed by atoms with Gasteiger partial charge in [-0.25, -0.2) is 0 Å². The van der Waals surface area contributed by atoms with Crippen LogP contribution in [-0.4, -0.2) is 43.1 Å². The van der Waals surface area contributed by atoms with E-state index in [1.54, 1.807) is 51.4 Å². The van der Waals surface area contributed by atoms with Crippen LogP contribution in [0.5, 0.6) is 11.5 Å². The van der Waals surface area contributed by atoms with Crippen LogP contribution in [0.25, 0.3) is 0 Å². The van der Waals surface area contributed by atoms with E-state index in [-0.39, 0.29) is 23.5 Å². The first kappa shape index (κ1) is 19.0. The maximum atomic E-state index is 12.2. The predicted molar refractivity (Wildman–Crippen MR) is 105 cm³/mol. The molecule has 138 valence electrons. The maximum Gasteiger partial charge on any atom is 0.285 e. The van der Waals surface area contributed by atoms with Crippen molar-refractivity contribution in [2.24, 2.45) is 0 Å². The van der Waals surface area contributed by atoms with E-state index in [0.717, 1.165) is 17.3 Å². The summed E-state index contributed by atoms with van der Waals surface area (Å²) in [5, 5.41) is 1.99. The summed E-state index contributed by atoms with van der Waals surface area (Å²) in [5.41, 5.74) is 1.43. The number of amides is 2. The molecule has 0 unspecified atom stereocenters. The minimum absolute atomic E-state index is 0.0863. The van der Waals surface area contributed by atoms with Crippen LogP contribution in [0.4, 0.5) is 4.79 Å². The maximum absolute atomic E-state index is 12.2. The summed E-state index contributed by atoms with van der Waals surface area (Å²) in [5.74, 6) is 0.746. The van der Waals surface area contributed by atoms with Crippen molar-refractivity contribution in [3.63, 3.8) is 0 Å². The van der Waals surface area contributed by atoms with Crippen LogP contribution in [0.1, 0.15) is 15.9 Å². The number of benzene rings is 2. The van der Waals surface area contributed by atoms with Gasteiger partial charge in [0.15, 0.2) is 12.4 Å². The molecule has 1 saturated heterocycles. The summed E-state index contributed by atoms with van der Waals surface area (Å²) in [6, 6.07) is 14.1. The normalized spacial score (nSPS) is 18.9. The fraction of sp³-hybridized carbons (Fsp3) is 0.211. The first-order valence-corrected chi connectivity index (χ1v) is 9.15. The van der Waals surface area contributed by atoms with Crippen LogP contribution in [0.3, 0.4) is 0 Å². The predicted octanol–water partition coefficient (Wildman–Crippen LogP) is 1.81. The van der Waals surface area contributed by atoms with E-state index >= 15 is 0 Å². The molecule has 1 fully saturated rings. The Hall–Kier alpha value is -2.74. The first-order valence-electron chi connectivity index (χ1n) is 8.33. The highest BCUT2D eigenvalue weighted by atomic mass is 32.2. The molecule has 2 amide bonds.